The maximum atomic E-state index is 5.73. The Balaban J connectivity index is 1.79. The maximum absolute atomic E-state index is 5.73. The highest BCUT2D eigenvalue weighted by Crippen LogP contribution is 2.29. The fourth-order valence-electron chi connectivity index (χ4n) is 3.59. The van der Waals surface area contributed by atoms with E-state index in [-0.39, 0.29) is 0 Å². The molecular formula is C17H35N3O. The summed E-state index contributed by atoms with van der Waals surface area (Å²) in [6.45, 7) is 17.1. The maximum Gasteiger partial charge on any atom is 0.0547 e. The van der Waals surface area contributed by atoms with Gasteiger partial charge in [0.2, 0.25) is 0 Å². The molecule has 124 valence electrons. The predicted molar refractivity (Wildman–Crippen MR) is 88.8 cm³/mol. The van der Waals surface area contributed by atoms with Crippen molar-refractivity contribution in [3.8, 4) is 0 Å². The highest BCUT2D eigenvalue weighted by molar-refractivity contribution is 4.90. The van der Waals surface area contributed by atoms with Gasteiger partial charge in [0, 0.05) is 57.3 Å². The molecule has 2 unspecified atom stereocenters. The molecule has 0 aromatic rings. The van der Waals surface area contributed by atoms with E-state index in [2.05, 4.69) is 35.9 Å². The van der Waals surface area contributed by atoms with Gasteiger partial charge in [0.1, 0.15) is 0 Å². The lowest BCUT2D eigenvalue weighted by Crippen LogP contribution is -2.53. The van der Waals surface area contributed by atoms with Crippen molar-refractivity contribution in [2.75, 3.05) is 59.0 Å². The van der Waals surface area contributed by atoms with Crippen molar-refractivity contribution in [2.45, 2.75) is 46.1 Å². The van der Waals surface area contributed by atoms with Gasteiger partial charge in [-0.2, -0.15) is 0 Å². The average molecular weight is 297 g/mol. The Morgan fingerprint density at radius 1 is 1.19 bits per heavy atom. The van der Waals surface area contributed by atoms with Gasteiger partial charge in [0.15, 0.2) is 0 Å². The van der Waals surface area contributed by atoms with Crippen LogP contribution in [-0.4, -0.2) is 74.9 Å². The van der Waals surface area contributed by atoms with E-state index in [9.17, 15) is 0 Å². The first-order chi connectivity index (χ1) is 10.2. The van der Waals surface area contributed by atoms with Gasteiger partial charge in [0.05, 0.1) is 6.61 Å². The number of hydrogen-bond donors (Lipinski definition) is 1. The van der Waals surface area contributed by atoms with Crippen LogP contribution in [0, 0.1) is 5.41 Å². The second-order valence-electron chi connectivity index (χ2n) is 7.05. The minimum atomic E-state index is 0.355. The molecule has 1 N–H and O–H groups in total. The Bertz CT molecular complexity index is 284. The normalized spacial score (nSPS) is 29.9. The molecule has 2 aliphatic heterocycles. The molecule has 21 heavy (non-hydrogen) atoms. The summed E-state index contributed by atoms with van der Waals surface area (Å²) in [6.07, 6.45) is 3.69. The number of hydrogen-bond acceptors (Lipinski definition) is 4. The molecule has 4 nitrogen and oxygen atoms in total. The molecule has 2 rings (SSSR count). The molecule has 0 aliphatic carbocycles. The van der Waals surface area contributed by atoms with Crippen LogP contribution in [0.2, 0.25) is 0 Å². The molecule has 0 bridgehead atoms. The van der Waals surface area contributed by atoms with Gasteiger partial charge in [-0.3, -0.25) is 4.90 Å². The van der Waals surface area contributed by atoms with E-state index in [1.54, 1.807) is 0 Å². The zero-order valence-electron chi connectivity index (χ0n) is 14.4. The van der Waals surface area contributed by atoms with E-state index >= 15 is 0 Å². The van der Waals surface area contributed by atoms with Crippen molar-refractivity contribution in [1.29, 1.82) is 0 Å². The van der Waals surface area contributed by atoms with Crippen LogP contribution >= 0.6 is 0 Å². The molecule has 0 radical (unpaired) electrons. The summed E-state index contributed by atoms with van der Waals surface area (Å²) < 4.78 is 5.73. The van der Waals surface area contributed by atoms with E-state index < -0.39 is 0 Å². The van der Waals surface area contributed by atoms with Crippen LogP contribution < -0.4 is 5.32 Å². The van der Waals surface area contributed by atoms with Crippen molar-refractivity contribution in [1.82, 2.24) is 15.1 Å². The van der Waals surface area contributed by atoms with Gasteiger partial charge in [-0.1, -0.05) is 13.8 Å². The molecule has 0 aromatic heterocycles. The van der Waals surface area contributed by atoms with Crippen LogP contribution in [0.3, 0.4) is 0 Å². The second kappa shape index (κ2) is 8.47. The van der Waals surface area contributed by atoms with Crippen LogP contribution in [0.5, 0.6) is 0 Å². The largest absolute Gasteiger partial charge is 0.381 e. The summed E-state index contributed by atoms with van der Waals surface area (Å²) in [5, 5.41) is 3.63. The van der Waals surface area contributed by atoms with Crippen LogP contribution in [0.15, 0.2) is 0 Å². The topological polar surface area (TPSA) is 27.7 Å². The zero-order valence-corrected chi connectivity index (χ0v) is 14.4. The van der Waals surface area contributed by atoms with E-state index in [1.807, 2.05) is 0 Å². The van der Waals surface area contributed by atoms with Gasteiger partial charge >= 0.3 is 0 Å². The molecule has 2 fully saturated rings. The van der Waals surface area contributed by atoms with Gasteiger partial charge in [-0.25, -0.2) is 0 Å². The SMILES string of the molecule is CCCNCC1(CN2CCN(C(C)CC)CC2)CCOC1. The average Bonchev–Trinajstić information content (AvgIpc) is 2.96. The molecule has 2 atom stereocenters. The smallest absolute Gasteiger partial charge is 0.0547 e. The molecule has 0 amide bonds. The first kappa shape index (κ1) is 17.2. The van der Waals surface area contributed by atoms with E-state index in [0.29, 0.717) is 5.41 Å². The van der Waals surface area contributed by atoms with Crippen molar-refractivity contribution < 1.29 is 4.74 Å². The van der Waals surface area contributed by atoms with Crippen LogP contribution in [0.1, 0.15) is 40.0 Å². The number of ether oxygens (including phenoxy) is 1. The molecule has 0 aromatic carbocycles. The lowest BCUT2D eigenvalue weighted by Gasteiger charge is -2.41. The van der Waals surface area contributed by atoms with Crippen LogP contribution in [-0.2, 0) is 4.74 Å². The second-order valence-corrected chi connectivity index (χ2v) is 7.05. The van der Waals surface area contributed by atoms with Crippen molar-refractivity contribution in [3.63, 3.8) is 0 Å². The number of piperazine rings is 1. The van der Waals surface area contributed by atoms with Crippen LogP contribution in [0.25, 0.3) is 0 Å². The molecule has 2 aliphatic rings. The Kier molecular flexibility index (Phi) is 6.93. The lowest BCUT2D eigenvalue weighted by molar-refractivity contribution is 0.0573. The van der Waals surface area contributed by atoms with E-state index in [0.717, 1.165) is 32.3 Å². The van der Waals surface area contributed by atoms with Crippen molar-refractivity contribution in [3.05, 3.63) is 0 Å². The van der Waals surface area contributed by atoms with Gasteiger partial charge in [-0.05, 0) is 32.7 Å². The third-order valence-electron chi connectivity index (χ3n) is 5.29. The third-order valence-corrected chi connectivity index (χ3v) is 5.29. The molecule has 2 heterocycles. The third kappa shape index (κ3) is 4.92. The zero-order chi connectivity index (χ0) is 15.1. The minimum Gasteiger partial charge on any atom is -0.381 e. The Morgan fingerprint density at radius 3 is 2.52 bits per heavy atom. The molecule has 4 heteroatoms. The first-order valence-electron chi connectivity index (χ1n) is 8.94. The van der Waals surface area contributed by atoms with Gasteiger partial charge in [-0.15, -0.1) is 0 Å². The number of nitrogens with zero attached hydrogens (tertiary/aromatic N) is 2. The standard InChI is InChI=1S/C17H35N3O/c1-4-7-18-13-17(6-12-21-15-17)14-19-8-10-20(11-9-19)16(3)5-2/h16,18H,4-15H2,1-3H3. The summed E-state index contributed by atoms with van der Waals surface area (Å²) in [5.41, 5.74) is 0.355. The molecule has 0 spiro atoms. The fourth-order valence-corrected chi connectivity index (χ4v) is 3.59. The molecule has 2 saturated heterocycles. The highest BCUT2D eigenvalue weighted by atomic mass is 16.5. The first-order valence-corrected chi connectivity index (χ1v) is 8.94. The Morgan fingerprint density at radius 2 is 1.95 bits per heavy atom. The van der Waals surface area contributed by atoms with E-state index in [4.69, 9.17) is 4.74 Å². The Hall–Kier alpha value is -0.160. The quantitative estimate of drug-likeness (QED) is 0.692. The van der Waals surface area contributed by atoms with E-state index in [1.165, 1.54) is 52.0 Å². The highest BCUT2D eigenvalue weighted by Gasteiger charge is 2.37. The number of rotatable bonds is 8. The van der Waals surface area contributed by atoms with Crippen molar-refractivity contribution >= 4 is 0 Å². The van der Waals surface area contributed by atoms with Gasteiger partial charge in [0.25, 0.3) is 0 Å². The molecular weight excluding hydrogens is 262 g/mol. The summed E-state index contributed by atoms with van der Waals surface area (Å²) in [4.78, 5) is 5.31. The summed E-state index contributed by atoms with van der Waals surface area (Å²) in [5.74, 6) is 0. The lowest BCUT2D eigenvalue weighted by atomic mass is 9.86. The van der Waals surface area contributed by atoms with Gasteiger partial charge < -0.3 is 15.0 Å². The summed E-state index contributed by atoms with van der Waals surface area (Å²) in [6, 6.07) is 0.738. The fraction of sp³-hybridized carbons (Fsp3) is 1.00. The number of nitrogens with one attached hydrogen (secondary N) is 1. The monoisotopic (exact) mass is 297 g/mol. The van der Waals surface area contributed by atoms with Crippen molar-refractivity contribution in [2.24, 2.45) is 5.41 Å². The summed E-state index contributed by atoms with van der Waals surface area (Å²) in [7, 11) is 0. The Labute approximate surface area is 131 Å². The molecule has 0 saturated carbocycles. The minimum absolute atomic E-state index is 0.355. The van der Waals surface area contributed by atoms with Crippen LogP contribution in [0.4, 0.5) is 0 Å². The predicted octanol–water partition coefficient (Wildman–Crippen LogP) is 1.81. The summed E-state index contributed by atoms with van der Waals surface area (Å²) >= 11 is 0.